The van der Waals surface area contributed by atoms with Crippen LogP contribution in [-0.4, -0.2) is 12.5 Å². The van der Waals surface area contributed by atoms with Crippen LogP contribution in [0.25, 0.3) is 0 Å². The number of nitrogens with one attached hydrogen (secondary N) is 1. The minimum Gasteiger partial charge on any atom is -0.370 e. The van der Waals surface area contributed by atoms with Crippen LogP contribution in [0.4, 0.5) is 8.78 Å². The summed E-state index contributed by atoms with van der Waals surface area (Å²) in [6.45, 7) is 1.29. The molecule has 3 nitrogen and oxygen atoms in total. The number of hydrogen-bond donors (Lipinski definition) is 2. The number of halogens is 2. The quantitative estimate of drug-likeness (QED) is 0.702. The van der Waals surface area contributed by atoms with Gasteiger partial charge in [0, 0.05) is 18.5 Å². The number of carbonyl (C=O) groups is 1. The van der Waals surface area contributed by atoms with Crippen molar-refractivity contribution in [2.75, 3.05) is 6.54 Å². The van der Waals surface area contributed by atoms with Gasteiger partial charge >= 0.3 is 0 Å². The highest BCUT2D eigenvalue weighted by atomic mass is 19.3. The van der Waals surface area contributed by atoms with Gasteiger partial charge in [-0.1, -0.05) is 18.2 Å². The Balaban J connectivity index is 2.23. The van der Waals surface area contributed by atoms with E-state index in [4.69, 9.17) is 5.73 Å². The molecule has 1 rings (SSSR count). The van der Waals surface area contributed by atoms with Crippen LogP contribution in [0.15, 0.2) is 24.3 Å². The molecule has 0 aliphatic carbocycles. The van der Waals surface area contributed by atoms with Crippen LogP contribution in [0.5, 0.6) is 0 Å². The summed E-state index contributed by atoms with van der Waals surface area (Å²) in [5, 5.41) is 3.14. The number of alkyl halides is 2. The van der Waals surface area contributed by atoms with Crippen LogP contribution in [0.3, 0.4) is 0 Å². The molecule has 0 aliphatic heterocycles. The summed E-state index contributed by atoms with van der Waals surface area (Å²) in [6, 6.07) is 6.36. The lowest BCUT2D eigenvalue weighted by atomic mass is 10.1. The van der Waals surface area contributed by atoms with Crippen molar-refractivity contribution in [3.05, 3.63) is 35.4 Å². The Morgan fingerprint density at radius 3 is 2.78 bits per heavy atom. The lowest BCUT2D eigenvalue weighted by molar-refractivity contribution is -0.118. The molecule has 5 heteroatoms. The summed E-state index contributed by atoms with van der Waals surface area (Å²) in [5.74, 6) is -0.292. The van der Waals surface area contributed by atoms with E-state index in [1.165, 1.54) is 12.1 Å². The molecule has 0 aromatic heterocycles. The predicted molar refractivity (Wildman–Crippen MR) is 66.2 cm³/mol. The summed E-state index contributed by atoms with van der Waals surface area (Å²) >= 11 is 0. The molecular weight excluding hydrogens is 238 g/mol. The van der Waals surface area contributed by atoms with E-state index in [9.17, 15) is 13.6 Å². The number of rotatable bonds is 8. The van der Waals surface area contributed by atoms with E-state index in [0.717, 1.165) is 24.9 Å². The predicted octanol–water partition coefficient (Wildman–Crippen LogP) is 2.37. The van der Waals surface area contributed by atoms with Crippen LogP contribution < -0.4 is 11.1 Å². The SMILES string of the molecule is NC(=O)CCCCNCc1cccc(C(F)F)c1. The first-order chi connectivity index (χ1) is 8.59. The molecule has 0 heterocycles. The van der Waals surface area contributed by atoms with Gasteiger partial charge in [0.25, 0.3) is 6.43 Å². The van der Waals surface area contributed by atoms with Crippen molar-refractivity contribution in [2.45, 2.75) is 32.2 Å². The van der Waals surface area contributed by atoms with E-state index in [2.05, 4.69) is 5.32 Å². The van der Waals surface area contributed by atoms with Gasteiger partial charge in [-0.25, -0.2) is 8.78 Å². The molecule has 0 atom stereocenters. The zero-order chi connectivity index (χ0) is 13.4. The molecule has 100 valence electrons. The van der Waals surface area contributed by atoms with Crippen LogP contribution in [0.1, 0.15) is 36.8 Å². The van der Waals surface area contributed by atoms with Crippen molar-refractivity contribution in [1.82, 2.24) is 5.32 Å². The summed E-state index contributed by atoms with van der Waals surface area (Å²) in [6.07, 6.45) is -0.445. The second kappa shape index (κ2) is 7.76. The first-order valence-corrected chi connectivity index (χ1v) is 5.95. The zero-order valence-electron chi connectivity index (χ0n) is 10.2. The van der Waals surface area contributed by atoms with Crippen LogP contribution in [0.2, 0.25) is 0 Å². The standard InChI is InChI=1S/C13H18F2N2O/c14-13(15)11-5-3-4-10(8-11)9-17-7-2-1-6-12(16)18/h3-5,8,13,17H,1-2,6-7,9H2,(H2,16,18). The fourth-order valence-corrected chi connectivity index (χ4v) is 1.62. The van der Waals surface area contributed by atoms with Gasteiger partial charge in [-0.3, -0.25) is 4.79 Å². The van der Waals surface area contributed by atoms with Gasteiger partial charge in [0.2, 0.25) is 5.91 Å². The first kappa shape index (κ1) is 14.6. The lowest BCUT2D eigenvalue weighted by Crippen LogP contribution is -2.16. The molecule has 0 saturated heterocycles. The third kappa shape index (κ3) is 5.72. The average molecular weight is 256 g/mol. The van der Waals surface area contributed by atoms with Gasteiger partial charge in [0.15, 0.2) is 0 Å². The monoisotopic (exact) mass is 256 g/mol. The van der Waals surface area contributed by atoms with Gasteiger partial charge in [-0.05, 0) is 31.0 Å². The molecule has 0 radical (unpaired) electrons. The summed E-state index contributed by atoms with van der Waals surface area (Å²) in [4.78, 5) is 10.5. The fraction of sp³-hybridized carbons (Fsp3) is 0.462. The van der Waals surface area contributed by atoms with Crippen molar-refractivity contribution < 1.29 is 13.6 Å². The molecule has 1 aromatic rings. The second-order valence-corrected chi connectivity index (χ2v) is 4.15. The minimum atomic E-state index is -2.43. The van der Waals surface area contributed by atoms with E-state index >= 15 is 0 Å². The maximum Gasteiger partial charge on any atom is 0.263 e. The molecule has 18 heavy (non-hydrogen) atoms. The molecule has 0 spiro atoms. The van der Waals surface area contributed by atoms with E-state index in [0.29, 0.717) is 13.0 Å². The Morgan fingerprint density at radius 1 is 1.33 bits per heavy atom. The largest absolute Gasteiger partial charge is 0.370 e. The minimum absolute atomic E-state index is 0.0445. The summed E-state index contributed by atoms with van der Waals surface area (Å²) in [7, 11) is 0. The van der Waals surface area contributed by atoms with Crippen LogP contribution >= 0.6 is 0 Å². The lowest BCUT2D eigenvalue weighted by Gasteiger charge is -2.06. The smallest absolute Gasteiger partial charge is 0.263 e. The third-order valence-corrected chi connectivity index (χ3v) is 2.56. The summed E-state index contributed by atoms with van der Waals surface area (Å²) in [5.41, 5.74) is 5.89. The van der Waals surface area contributed by atoms with Crippen molar-refractivity contribution in [2.24, 2.45) is 5.73 Å². The number of carbonyl (C=O) groups excluding carboxylic acids is 1. The third-order valence-electron chi connectivity index (χ3n) is 2.56. The number of unbranched alkanes of at least 4 members (excludes halogenated alkanes) is 1. The molecule has 1 amide bonds. The number of nitrogens with two attached hydrogens (primary N) is 1. The zero-order valence-corrected chi connectivity index (χ0v) is 10.2. The second-order valence-electron chi connectivity index (χ2n) is 4.15. The highest BCUT2D eigenvalue weighted by molar-refractivity contribution is 5.73. The number of benzene rings is 1. The number of hydrogen-bond acceptors (Lipinski definition) is 2. The van der Waals surface area contributed by atoms with Crippen molar-refractivity contribution in [3.8, 4) is 0 Å². The molecule has 1 aromatic carbocycles. The van der Waals surface area contributed by atoms with Gasteiger partial charge in [0.05, 0.1) is 0 Å². The van der Waals surface area contributed by atoms with Crippen LogP contribution in [-0.2, 0) is 11.3 Å². The van der Waals surface area contributed by atoms with Gasteiger partial charge in [-0.2, -0.15) is 0 Å². The van der Waals surface area contributed by atoms with Crippen molar-refractivity contribution in [3.63, 3.8) is 0 Å². The van der Waals surface area contributed by atoms with Gasteiger partial charge < -0.3 is 11.1 Å². The molecule has 0 aliphatic rings. The van der Waals surface area contributed by atoms with E-state index in [-0.39, 0.29) is 11.5 Å². The fourth-order valence-electron chi connectivity index (χ4n) is 1.62. The Morgan fingerprint density at radius 2 is 2.11 bits per heavy atom. The number of primary amides is 1. The maximum atomic E-state index is 12.4. The normalized spacial score (nSPS) is 10.8. The molecule has 0 saturated carbocycles. The highest BCUT2D eigenvalue weighted by Crippen LogP contribution is 2.19. The Kier molecular flexibility index (Phi) is 6.28. The van der Waals surface area contributed by atoms with Gasteiger partial charge in [0.1, 0.15) is 0 Å². The molecule has 0 fully saturated rings. The van der Waals surface area contributed by atoms with E-state index in [1.807, 2.05) is 6.07 Å². The highest BCUT2D eigenvalue weighted by Gasteiger charge is 2.06. The van der Waals surface area contributed by atoms with E-state index < -0.39 is 6.43 Å². The Bertz CT molecular complexity index is 383. The number of amides is 1. The first-order valence-electron chi connectivity index (χ1n) is 5.95. The topological polar surface area (TPSA) is 55.1 Å². The van der Waals surface area contributed by atoms with Crippen molar-refractivity contribution >= 4 is 5.91 Å². The van der Waals surface area contributed by atoms with Crippen molar-refractivity contribution in [1.29, 1.82) is 0 Å². The Hall–Kier alpha value is -1.49. The van der Waals surface area contributed by atoms with E-state index in [1.54, 1.807) is 6.07 Å². The van der Waals surface area contributed by atoms with Crippen LogP contribution in [0, 0.1) is 0 Å². The Labute approximate surface area is 105 Å². The molecule has 0 unspecified atom stereocenters. The maximum absolute atomic E-state index is 12.4. The molecule has 0 bridgehead atoms. The average Bonchev–Trinajstić information content (AvgIpc) is 2.33. The molecular formula is C13H18F2N2O. The van der Waals surface area contributed by atoms with Gasteiger partial charge in [-0.15, -0.1) is 0 Å². The molecule has 3 N–H and O–H groups in total. The summed E-state index contributed by atoms with van der Waals surface area (Å²) < 4.78 is 24.9.